The Kier molecular flexibility index (Phi) is 5.91. The van der Waals surface area contributed by atoms with E-state index < -0.39 is 18.5 Å². The Morgan fingerprint density at radius 1 is 1.29 bits per heavy atom. The maximum Gasteiger partial charge on any atom is 0.322 e. The van der Waals surface area contributed by atoms with Crippen molar-refractivity contribution in [3.63, 3.8) is 0 Å². The average Bonchev–Trinajstić information content (AvgIpc) is 3.15. The molecule has 1 aromatic carbocycles. The van der Waals surface area contributed by atoms with E-state index in [9.17, 15) is 18.4 Å². The summed E-state index contributed by atoms with van der Waals surface area (Å²) in [5.74, 6) is -0.407. The number of carbonyl (C=O) groups excluding carboxylic acids is 1. The standard InChI is InChI=1S/C23H20ClF2N5O3/c24-16-10-18(17(26)9-15(16)12-1-4-21(27-11-12)34-6-5-25)28-23(33)31-14-2-3-19(31)22-13(7-14)8-20(32)29-30-22/h1,4,8-11,14,19H,2-3,5-7H2,(H,28,33)(H,29,32)/t14-,19+/m0/s1. The van der Waals surface area contributed by atoms with E-state index in [1.165, 1.54) is 24.4 Å². The van der Waals surface area contributed by atoms with Crippen molar-refractivity contribution in [1.82, 2.24) is 20.1 Å². The number of anilines is 1. The molecule has 176 valence electrons. The lowest BCUT2D eigenvalue weighted by molar-refractivity contribution is 0.177. The Hall–Kier alpha value is -3.53. The Balaban J connectivity index is 1.35. The highest BCUT2D eigenvalue weighted by atomic mass is 35.5. The van der Waals surface area contributed by atoms with Gasteiger partial charge in [0, 0.05) is 35.5 Å². The second-order valence-electron chi connectivity index (χ2n) is 8.17. The van der Waals surface area contributed by atoms with Gasteiger partial charge in [-0.3, -0.25) is 4.79 Å². The highest BCUT2D eigenvalue weighted by Crippen LogP contribution is 2.42. The number of amides is 2. The van der Waals surface area contributed by atoms with Gasteiger partial charge in [0.15, 0.2) is 0 Å². The lowest BCUT2D eigenvalue weighted by Gasteiger charge is -2.35. The lowest BCUT2D eigenvalue weighted by atomic mass is 9.99. The van der Waals surface area contributed by atoms with Crippen LogP contribution in [-0.4, -0.2) is 45.4 Å². The van der Waals surface area contributed by atoms with Crippen molar-refractivity contribution < 1.29 is 18.3 Å². The highest BCUT2D eigenvalue weighted by Gasteiger charge is 2.44. The van der Waals surface area contributed by atoms with E-state index >= 15 is 0 Å². The monoisotopic (exact) mass is 487 g/mol. The fraction of sp³-hybridized carbons (Fsp3) is 0.304. The number of pyridine rings is 1. The van der Waals surface area contributed by atoms with E-state index in [1.807, 2.05) is 0 Å². The number of fused-ring (bicyclic) bond motifs is 4. The number of carbonyl (C=O) groups is 1. The van der Waals surface area contributed by atoms with Crippen LogP contribution in [0.15, 0.2) is 41.3 Å². The molecule has 11 heteroatoms. The number of hydrogen-bond acceptors (Lipinski definition) is 5. The zero-order chi connectivity index (χ0) is 23.8. The van der Waals surface area contributed by atoms with Gasteiger partial charge in [-0.2, -0.15) is 5.10 Å². The van der Waals surface area contributed by atoms with E-state index in [-0.39, 0.29) is 40.8 Å². The van der Waals surface area contributed by atoms with E-state index in [2.05, 4.69) is 20.5 Å². The third kappa shape index (κ3) is 4.09. The number of aromatic nitrogens is 3. The maximum absolute atomic E-state index is 15.0. The van der Waals surface area contributed by atoms with Crippen LogP contribution in [0.5, 0.6) is 5.88 Å². The molecular weight excluding hydrogens is 468 g/mol. The summed E-state index contributed by atoms with van der Waals surface area (Å²) in [6.45, 7) is -0.733. The van der Waals surface area contributed by atoms with Crippen LogP contribution < -0.4 is 15.6 Å². The van der Waals surface area contributed by atoms with Crippen molar-refractivity contribution in [3.05, 3.63) is 69.0 Å². The summed E-state index contributed by atoms with van der Waals surface area (Å²) in [5, 5.41) is 9.44. The Bertz CT molecular complexity index is 1300. The Morgan fingerprint density at radius 2 is 2.15 bits per heavy atom. The van der Waals surface area contributed by atoms with Gasteiger partial charge >= 0.3 is 6.03 Å². The first-order valence-electron chi connectivity index (χ1n) is 10.8. The third-order valence-corrected chi connectivity index (χ3v) is 6.41. The Morgan fingerprint density at radius 3 is 2.91 bits per heavy atom. The van der Waals surface area contributed by atoms with Crippen molar-refractivity contribution in [1.29, 1.82) is 0 Å². The normalized spacial score (nSPS) is 18.5. The number of benzene rings is 1. The number of aromatic amines is 1. The zero-order valence-corrected chi connectivity index (χ0v) is 18.6. The SMILES string of the molecule is O=C(Nc1cc(Cl)c(-c2ccc(OCCF)nc2)cc1F)N1[C@H]2CC[C@@H]1c1n[nH]c(=O)cc1C2. The van der Waals surface area contributed by atoms with Gasteiger partial charge < -0.3 is 15.0 Å². The van der Waals surface area contributed by atoms with Gasteiger partial charge in [-0.05, 0) is 43.0 Å². The third-order valence-electron chi connectivity index (χ3n) is 6.10. The van der Waals surface area contributed by atoms with Crippen LogP contribution in [0.4, 0.5) is 19.3 Å². The predicted molar refractivity (Wildman–Crippen MR) is 121 cm³/mol. The topological polar surface area (TPSA) is 100 Å². The van der Waals surface area contributed by atoms with Gasteiger partial charge in [-0.1, -0.05) is 11.6 Å². The fourth-order valence-electron chi connectivity index (χ4n) is 4.63. The predicted octanol–water partition coefficient (Wildman–Crippen LogP) is 4.27. The summed E-state index contributed by atoms with van der Waals surface area (Å²) >= 11 is 6.40. The molecule has 2 aromatic heterocycles. The maximum atomic E-state index is 15.0. The van der Waals surface area contributed by atoms with Crippen LogP contribution in [0.3, 0.4) is 0 Å². The quantitative estimate of drug-likeness (QED) is 0.560. The van der Waals surface area contributed by atoms with Gasteiger partial charge in [0.1, 0.15) is 19.1 Å². The van der Waals surface area contributed by atoms with Crippen LogP contribution in [0.25, 0.3) is 11.1 Å². The highest BCUT2D eigenvalue weighted by molar-refractivity contribution is 6.33. The molecule has 0 saturated carbocycles. The zero-order valence-electron chi connectivity index (χ0n) is 17.9. The average molecular weight is 488 g/mol. The van der Waals surface area contributed by atoms with E-state index in [0.717, 1.165) is 12.0 Å². The molecule has 0 radical (unpaired) electrons. The number of ether oxygens (including phenoxy) is 1. The van der Waals surface area contributed by atoms with Crippen LogP contribution >= 0.6 is 11.6 Å². The minimum Gasteiger partial charge on any atom is -0.475 e. The second kappa shape index (κ2) is 9.02. The molecule has 0 spiro atoms. The van der Waals surface area contributed by atoms with Crippen LogP contribution in [0.2, 0.25) is 5.02 Å². The molecule has 3 aromatic rings. The van der Waals surface area contributed by atoms with Gasteiger partial charge in [0.2, 0.25) is 5.88 Å². The second-order valence-corrected chi connectivity index (χ2v) is 8.57. The number of nitrogens with one attached hydrogen (secondary N) is 2. The smallest absolute Gasteiger partial charge is 0.322 e. The summed E-state index contributed by atoms with van der Waals surface area (Å²) in [5.41, 5.74) is 2.12. The molecule has 2 atom stereocenters. The first-order chi connectivity index (χ1) is 16.4. The molecular formula is C23H20ClF2N5O3. The number of halogens is 3. The number of alkyl halides is 1. The molecule has 0 aliphatic carbocycles. The molecule has 2 aliphatic heterocycles. The molecule has 2 bridgehead atoms. The molecule has 5 rings (SSSR count). The molecule has 1 saturated heterocycles. The van der Waals surface area contributed by atoms with Gasteiger partial charge in [0.05, 0.1) is 22.4 Å². The molecule has 4 heterocycles. The van der Waals surface area contributed by atoms with Gasteiger partial charge in [0.25, 0.3) is 5.56 Å². The van der Waals surface area contributed by atoms with E-state index in [4.69, 9.17) is 16.3 Å². The van der Waals surface area contributed by atoms with E-state index in [0.29, 0.717) is 29.7 Å². The molecule has 2 N–H and O–H groups in total. The number of urea groups is 1. The van der Waals surface area contributed by atoms with Gasteiger partial charge in [-0.25, -0.2) is 23.7 Å². The largest absolute Gasteiger partial charge is 0.475 e. The summed E-state index contributed by atoms with van der Waals surface area (Å²) in [6, 6.07) is 6.45. The molecule has 1 fully saturated rings. The number of nitrogens with zero attached hydrogens (tertiary/aromatic N) is 3. The Labute approximate surface area is 197 Å². The first kappa shape index (κ1) is 22.3. The summed E-state index contributed by atoms with van der Waals surface area (Å²) in [4.78, 5) is 30.4. The number of rotatable bonds is 5. The molecule has 2 aliphatic rings. The number of H-pyrrole nitrogens is 1. The van der Waals surface area contributed by atoms with Crippen LogP contribution in [0.1, 0.15) is 30.1 Å². The first-order valence-corrected chi connectivity index (χ1v) is 11.1. The van der Waals surface area contributed by atoms with Crippen LogP contribution in [0, 0.1) is 5.82 Å². The molecule has 34 heavy (non-hydrogen) atoms. The summed E-state index contributed by atoms with van der Waals surface area (Å²) in [7, 11) is 0. The van der Waals surface area contributed by atoms with Crippen molar-refractivity contribution in [3.8, 4) is 17.0 Å². The minimum absolute atomic E-state index is 0.0470. The van der Waals surface area contributed by atoms with Crippen molar-refractivity contribution in [2.24, 2.45) is 0 Å². The minimum atomic E-state index is -0.655. The number of hydrogen-bond donors (Lipinski definition) is 2. The van der Waals surface area contributed by atoms with Crippen molar-refractivity contribution in [2.45, 2.75) is 31.3 Å². The van der Waals surface area contributed by atoms with Crippen molar-refractivity contribution >= 4 is 23.3 Å². The molecule has 0 unspecified atom stereocenters. The summed E-state index contributed by atoms with van der Waals surface area (Å²) in [6.07, 6.45) is 3.45. The summed E-state index contributed by atoms with van der Waals surface area (Å²) < 4.78 is 32.3. The van der Waals surface area contributed by atoms with E-state index in [1.54, 1.807) is 17.0 Å². The van der Waals surface area contributed by atoms with Gasteiger partial charge in [-0.15, -0.1) is 0 Å². The fourth-order valence-corrected chi connectivity index (χ4v) is 4.90. The lowest BCUT2D eigenvalue weighted by Crippen LogP contribution is -2.45. The molecule has 8 nitrogen and oxygen atoms in total. The molecule has 2 amide bonds. The van der Waals surface area contributed by atoms with Crippen molar-refractivity contribution in [2.75, 3.05) is 18.6 Å². The van der Waals surface area contributed by atoms with Crippen LogP contribution in [-0.2, 0) is 6.42 Å².